The Hall–Kier alpha value is -1.52. The first kappa shape index (κ1) is 13.9. The van der Waals surface area contributed by atoms with E-state index in [4.69, 9.17) is 11.6 Å². The fraction of sp³-hybridized carbons (Fsp3) is 0.143. The standard InChI is InChI=1S/C14H14ClNO2S/c1-2-11-4-3-5-13(10-11)16-19(17,18)14-8-6-12(15)7-9-14/h3-10,16H,2H2,1H3. The van der Waals surface area contributed by atoms with Crippen molar-refractivity contribution in [2.45, 2.75) is 18.2 Å². The van der Waals surface area contributed by atoms with Gasteiger partial charge in [0.15, 0.2) is 0 Å². The van der Waals surface area contributed by atoms with Crippen molar-refractivity contribution in [2.24, 2.45) is 0 Å². The van der Waals surface area contributed by atoms with E-state index in [-0.39, 0.29) is 4.90 Å². The summed E-state index contributed by atoms with van der Waals surface area (Å²) in [6.07, 6.45) is 0.858. The van der Waals surface area contributed by atoms with Gasteiger partial charge in [-0.15, -0.1) is 0 Å². The lowest BCUT2D eigenvalue weighted by molar-refractivity contribution is 0.601. The van der Waals surface area contributed by atoms with Gasteiger partial charge < -0.3 is 0 Å². The Bertz CT molecular complexity index is 666. The average molecular weight is 296 g/mol. The molecular weight excluding hydrogens is 282 g/mol. The third-order valence-electron chi connectivity index (χ3n) is 2.71. The van der Waals surface area contributed by atoms with E-state index in [0.29, 0.717) is 10.7 Å². The zero-order valence-electron chi connectivity index (χ0n) is 10.4. The molecular formula is C14H14ClNO2S. The monoisotopic (exact) mass is 295 g/mol. The van der Waals surface area contributed by atoms with Crippen molar-refractivity contribution in [3.05, 3.63) is 59.1 Å². The fourth-order valence-corrected chi connectivity index (χ4v) is 2.86. The number of rotatable bonds is 4. The summed E-state index contributed by atoms with van der Waals surface area (Å²) in [5, 5.41) is 0.506. The van der Waals surface area contributed by atoms with E-state index < -0.39 is 10.0 Å². The van der Waals surface area contributed by atoms with Gasteiger partial charge in [-0.25, -0.2) is 8.42 Å². The molecule has 100 valence electrons. The third kappa shape index (κ3) is 3.49. The summed E-state index contributed by atoms with van der Waals surface area (Å²) in [7, 11) is -3.56. The lowest BCUT2D eigenvalue weighted by atomic mass is 10.1. The van der Waals surface area contributed by atoms with Crippen LogP contribution in [0, 0.1) is 0 Å². The summed E-state index contributed by atoms with van der Waals surface area (Å²) >= 11 is 5.75. The highest BCUT2D eigenvalue weighted by molar-refractivity contribution is 7.92. The average Bonchev–Trinajstić information content (AvgIpc) is 2.39. The largest absolute Gasteiger partial charge is 0.280 e. The molecule has 0 saturated carbocycles. The molecule has 2 aromatic carbocycles. The Morgan fingerprint density at radius 3 is 2.42 bits per heavy atom. The summed E-state index contributed by atoms with van der Waals surface area (Å²) in [6.45, 7) is 2.02. The van der Waals surface area contributed by atoms with Gasteiger partial charge in [-0.05, 0) is 48.4 Å². The summed E-state index contributed by atoms with van der Waals surface area (Å²) in [6, 6.07) is 13.4. The smallest absolute Gasteiger partial charge is 0.261 e. The molecule has 0 amide bonds. The van der Waals surface area contributed by atoms with E-state index in [9.17, 15) is 8.42 Å². The van der Waals surface area contributed by atoms with Crippen LogP contribution in [0.2, 0.25) is 5.02 Å². The maximum atomic E-state index is 12.2. The Kier molecular flexibility index (Phi) is 4.12. The van der Waals surface area contributed by atoms with Crippen LogP contribution >= 0.6 is 11.6 Å². The van der Waals surface area contributed by atoms with Crippen LogP contribution < -0.4 is 4.72 Å². The molecule has 0 aliphatic carbocycles. The second-order valence-electron chi connectivity index (χ2n) is 4.11. The fourth-order valence-electron chi connectivity index (χ4n) is 1.68. The van der Waals surface area contributed by atoms with Crippen molar-refractivity contribution in [2.75, 3.05) is 4.72 Å². The second kappa shape index (κ2) is 5.63. The highest BCUT2D eigenvalue weighted by Gasteiger charge is 2.13. The minimum absolute atomic E-state index is 0.193. The van der Waals surface area contributed by atoms with Gasteiger partial charge in [0, 0.05) is 10.7 Å². The maximum absolute atomic E-state index is 12.2. The molecule has 0 heterocycles. The number of anilines is 1. The molecule has 0 bridgehead atoms. The Morgan fingerprint density at radius 1 is 1.11 bits per heavy atom. The van der Waals surface area contributed by atoms with E-state index in [1.165, 1.54) is 12.1 Å². The van der Waals surface area contributed by atoms with Gasteiger partial charge in [-0.3, -0.25) is 4.72 Å². The Morgan fingerprint density at radius 2 is 1.79 bits per heavy atom. The highest BCUT2D eigenvalue weighted by Crippen LogP contribution is 2.19. The zero-order valence-corrected chi connectivity index (χ0v) is 12.0. The predicted octanol–water partition coefficient (Wildman–Crippen LogP) is 3.70. The number of hydrogen-bond donors (Lipinski definition) is 1. The summed E-state index contributed by atoms with van der Waals surface area (Å²) < 4.78 is 26.9. The number of aryl methyl sites for hydroxylation is 1. The molecule has 2 rings (SSSR count). The van der Waals surface area contributed by atoms with Crippen LogP contribution in [-0.2, 0) is 16.4 Å². The van der Waals surface area contributed by atoms with E-state index in [2.05, 4.69) is 4.72 Å². The van der Waals surface area contributed by atoms with Crippen LogP contribution in [0.3, 0.4) is 0 Å². The number of sulfonamides is 1. The van der Waals surface area contributed by atoms with Gasteiger partial charge in [0.1, 0.15) is 0 Å². The van der Waals surface area contributed by atoms with Gasteiger partial charge >= 0.3 is 0 Å². The molecule has 0 unspecified atom stereocenters. The van der Waals surface area contributed by atoms with Crippen LogP contribution in [0.4, 0.5) is 5.69 Å². The first-order chi connectivity index (χ1) is 9.01. The molecule has 0 aromatic heterocycles. The molecule has 19 heavy (non-hydrogen) atoms. The molecule has 3 nitrogen and oxygen atoms in total. The number of benzene rings is 2. The molecule has 0 atom stereocenters. The Balaban J connectivity index is 2.28. The number of hydrogen-bond acceptors (Lipinski definition) is 2. The summed E-state index contributed by atoms with van der Waals surface area (Å²) in [4.78, 5) is 0.193. The van der Waals surface area contributed by atoms with E-state index in [1.54, 1.807) is 18.2 Å². The van der Waals surface area contributed by atoms with Crippen molar-refractivity contribution >= 4 is 27.3 Å². The molecule has 0 spiro atoms. The first-order valence-electron chi connectivity index (χ1n) is 5.88. The third-order valence-corrected chi connectivity index (χ3v) is 4.36. The van der Waals surface area contributed by atoms with Crippen molar-refractivity contribution in [3.63, 3.8) is 0 Å². The topological polar surface area (TPSA) is 46.2 Å². The molecule has 2 aromatic rings. The van der Waals surface area contributed by atoms with Crippen molar-refractivity contribution in [1.82, 2.24) is 0 Å². The van der Waals surface area contributed by atoms with Crippen LogP contribution in [0.25, 0.3) is 0 Å². The van der Waals surface area contributed by atoms with Gasteiger partial charge in [0.05, 0.1) is 4.90 Å². The summed E-state index contributed by atoms with van der Waals surface area (Å²) in [5.74, 6) is 0. The number of nitrogens with one attached hydrogen (secondary N) is 1. The van der Waals surface area contributed by atoms with Crippen LogP contribution in [0.1, 0.15) is 12.5 Å². The lowest BCUT2D eigenvalue weighted by Crippen LogP contribution is -2.12. The van der Waals surface area contributed by atoms with E-state index in [0.717, 1.165) is 12.0 Å². The molecule has 0 radical (unpaired) electrons. The lowest BCUT2D eigenvalue weighted by Gasteiger charge is -2.09. The first-order valence-corrected chi connectivity index (χ1v) is 7.75. The van der Waals surface area contributed by atoms with Crippen molar-refractivity contribution < 1.29 is 8.42 Å². The SMILES string of the molecule is CCc1cccc(NS(=O)(=O)c2ccc(Cl)cc2)c1. The normalized spacial score (nSPS) is 11.3. The molecule has 0 fully saturated rings. The zero-order chi connectivity index (χ0) is 13.9. The van der Waals surface area contributed by atoms with E-state index in [1.807, 2.05) is 25.1 Å². The van der Waals surface area contributed by atoms with Crippen molar-refractivity contribution in [1.29, 1.82) is 0 Å². The Labute approximate surface area is 118 Å². The van der Waals surface area contributed by atoms with Gasteiger partial charge in [-0.1, -0.05) is 30.7 Å². The highest BCUT2D eigenvalue weighted by atomic mass is 35.5. The molecule has 5 heteroatoms. The molecule has 0 saturated heterocycles. The maximum Gasteiger partial charge on any atom is 0.261 e. The van der Waals surface area contributed by atoms with Crippen molar-refractivity contribution in [3.8, 4) is 0 Å². The van der Waals surface area contributed by atoms with Gasteiger partial charge in [0.25, 0.3) is 10.0 Å². The quantitative estimate of drug-likeness (QED) is 0.935. The van der Waals surface area contributed by atoms with Crippen LogP contribution in [0.5, 0.6) is 0 Å². The molecule has 1 N–H and O–H groups in total. The van der Waals surface area contributed by atoms with Gasteiger partial charge in [-0.2, -0.15) is 0 Å². The van der Waals surface area contributed by atoms with Crippen LogP contribution in [0.15, 0.2) is 53.4 Å². The molecule has 0 aliphatic heterocycles. The van der Waals surface area contributed by atoms with Crippen LogP contribution in [-0.4, -0.2) is 8.42 Å². The minimum Gasteiger partial charge on any atom is -0.280 e. The minimum atomic E-state index is -3.56. The summed E-state index contributed by atoms with van der Waals surface area (Å²) in [5.41, 5.74) is 1.64. The van der Waals surface area contributed by atoms with E-state index >= 15 is 0 Å². The second-order valence-corrected chi connectivity index (χ2v) is 6.23. The predicted molar refractivity (Wildman–Crippen MR) is 78.1 cm³/mol. The molecule has 0 aliphatic rings. The number of halogens is 1. The van der Waals surface area contributed by atoms with Gasteiger partial charge in [0.2, 0.25) is 0 Å².